The van der Waals surface area contributed by atoms with Crippen LogP contribution in [0.4, 0.5) is 8.78 Å². The van der Waals surface area contributed by atoms with Gasteiger partial charge in [0.1, 0.15) is 18.1 Å². The molecule has 1 saturated heterocycles. The molecule has 1 amide bonds. The standard InChI is InChI=1S/C22H21F2N5O3/c1-13-3-4-15(7-25-13)19-16(14(2)32-28-19)8-31-18-6-5-17(26-27-18)20(30)29-11-21(12-29)9-22(23,24)10-21/h3-7H,8-12H2,1-2H3. The maximum absolute atomic E-state index is 13.1. The monoisotopic (exact) mass is 441 g/mol. The number of ether oxygens (including phenoxy) is 1. The number of nitrogens with zero attached hydrogens (tertiary/aromatic N) is 5. The first-order valence-corrected chi connectivity index (χ1v) is 10.3. The van der Waals surface area contributed by atoms with Crippen LogP contribution in [-0.4, -0.2) is 50.2 Å². The molecule has 3 aromatic heterocycles. The topological polar surface area (TPSA) is 94.2 Å². The van der Waals surface area contributed by atoms with Crippen molar-refractivity contribution >= 4 is 5.91 Å². The lowest BCUT2D eigenvalue weighted by molar-refractivity contribution is -0.204. The van der Waals surface area contributed by atoms with E-state index in [1.807, 2.05) is 19.1 Å². The molecule has 1 spiro atoms. The Labute approximate surface area is 182 Å². The van der Waals surface area contributed by atoms with Gasteiger partial charge in [0.15, 0.2) is 5.69 Å². The van der Waals surface area contributed by atoms with Crippen LogP contribution in [-0.2, 0) is 6.61 Å². The quantitative estimate of drug-likeness (QED) is 0.597. The highest BCUT2D eigenvalue weighted by Gasteiger charge is 2.62. The Balaban J connectivity index is 1.21. The molecule has 0 radical (unpaired) electrons. The van der Waals surface area contributed by atoms with Crippen LogP contribution in [0, 0.1) is 19.3 Å². The summed E-state index contributed by atoms with van der Waals surface area (Å²) in [5.74, 6) is -2.04. The van der Waals surface area contributed by atoms with E-state index in [9.17, 15) is 13.6 Å². The van der Waals surface area contributed by atoms with E-state index in [1.54, 1.807) is 19.2 Å². The minimum absolute atomic E-state index is 0.148. The van der Waals surface area contributed by atoms with Gasteiger partial charge in [0, 0.05) is 54.9 Å². The first-order valence-electron chi connectivity index (χ1n) is 10.3. The number of amides is 1. The van der Waals surface area contributed by atoms with Gasteiger partial charge in [-0.25, -0.2) is 8.78 Å². The Morgan fingerprint density at radius 2 is 1.94 bits per heavy atom. The van der Waals surface area contributed by atoms with Crippen LogP contribution in [0.15, 0.2) is 35.0 Å². The molecule has 3 aromatic rings. The lowest BCUT2D eigenvalue weighted by atomic mass is 9.61. The highest BCUT2D eigenvalue weighted by Crippen LogP contribution is 2.56. The minimum atomic E-state index is -2.59. The Bertz CT molecular complexity index is 1150. The van der Waals surface area contributed by atoms with Crippen LogP contribution >= 0.6 is 0 Å². The second-order valence-corrected chi connectivity index (χ2v) is 8.67. The molecule has 0 atom stereocenters. The number of aryl methyl sites for hydroxylation is 2. The van der Waals surface area contributed by atoms with Crippen molar-refractivity contribution in [3.63, 3.8) is 0 Å². The summed E-state index contributed by atoms with van der Waals surface area (Å²) in [5, 5.41) is 12.0. The smallest absolute Gasteiger partial charge is 0.274 e. The first kappa shape index (κ1) is 20.5. The molecule has 0 aromatic carbocycles. The van der Waals surface area contributed by atoms with Crippen LogP contribution in [0.5, 0.6) is 5.88 Å². The van der Waals surface area contributed by atoms with E-state index in [1.165, 1.54) is 11.0 Å². The molecule has 2 aliphatic rings. The molecule has 32 heavy (non-hydrogen) atoms. The fourth-order valence-corrected chi connectivity index (χ4v) is 4.39. The second kappa shape index (κ2) is 7.32. The third-order valence-electron chi connectivity index (χ3n) is 6.00. The summed E-state index contributed by atoms with van der Waals surface area (Å²) in [7, 11) is 0. The van der Waals surface area contributed by atoms with Crippen LogP contribution in [0.3, 0.4) is 0 Å². The van der Waals surface area contributed by atoms with E-state index in [-0.39, 0.29) is 36.9 Å². The molecular weight excluding hydrogens is 420 g/mol. The number of hydrogen-bond donors (Lipinski definition) is 0. The summed E-state index contributed by atoms with van der Waals surface area (Å²) in [5.41, 5.74) is 2.86. The van der Waals surface area contributed by atoms with Crippen LogP contribution in [0.2, 0.25) is 0 Å². The van der Waals surface area contributed by atoms with Gasteiger partial charge in [-0.3, -0.25) is 9.78 Å². The average Bonchev–Trinajstić information content (AvgIpc) is 3.09. The predicted octanol–water partition coefficient (Wildman–Crippen LogP) is 3.59. The Hall–Kier alpha value is -3.43. The summed E-state index contributed by atoms with van der Waals surface area (Å²) >= 11 is 0. The second-order valence-electron chi connectivity index (χ2n) is 8.67. The van der Waals surface area contributed by atoms with Crippen LogP contribution in [0.25, 0.3) is 11.3 Å². The van der Waals surface area contributed by atoms with E-state index in [0.29, 0.717) is 24.5 Å². The zero-order chi connectivity index (χ0) is 22.5. The van der Waals surface area contributed by atoms with Gasteiger partial charge in [-0.2, -0.15) is 0 Å². The number of carbonyl (C=O) groups excluding carboxylic acids is 1. The van der Waals surface area contributed by atoms with Crippen LogP contribution < -0.4 is 4.74 Å². The number of carbonyl (C=O) groups is 1. The zero-order valence-electron chi connectivity index (χ0n) is 17.6. The summed E-state index contributed by atoms with van der Waals surface area (Å²) in [6, 6.07) is 6.88. The number of likely N-dealkylation sites (tertiary alicyclic amines) is 1. The Morgan fingerprint density at radius 3 is 2.56 bits per heavy atom. The molecule has 166 valence electrons. The van der Waals surface area contributed by atoms with Crippen molar-refractivity contribution in [3.05, 3.63) is 53.2 Å². The van der Waals surface area contributed by atoms with Crippen molar-refractivity contribution in [2.45, 2.75) is 39.2 Å². The van der Waals surface area contributed by atoms with E-state index in [0.717, 1.165) is 16.8 Å². The molecule has 0 bridgehead atoms. The Kier molecular flexibility index (Phi) is 4.68. The van der Waals surface area contributed by atoms with E-state index >= 15 is 0 Å². The van der Waals surface area contributed by atoms with Gasteiger partial charge in [0.25, 0.3) is 5.91 Å². The third-order valence-corrected chi connectivity index (χ3v) is 6.00. The third kappa shape index (κ3) is 3.69. The number of rotatable bonds is 5. The number of pyridine rings is 1. The van der Waals surface area contributed by atoms with Crippen molar-refractivity contribution in [1.82, 2.24) is 25.2 Å². The molecule has 1 aliphatic heterocycles. The summed E-state index contributed by atoms with van der Waals surface area (Å²) in [6.45, 7) is 4.53. The molecule has 8 nitrogen and oxygen atoms in total. The number of hydrogen-bond acceptors (Lipinski definition) is 7. The maximum Gasteiger partial charge on any atom is 0.274 e. The summed E-state index contributed by atoms with van der Waals surface area (Å²) in [6.07, 6.45) is 1.43. The van der Waals surface area contributed by atoms with Gasteiger partial charge >= 0.3 is 0 Å². The largest absolute Gasteiger partial charge is 0.472 e. The lowest BCUT2D eigenvalue weighted by Gasteiger charge is -2.58. The molecule has 5 rings (SSSR count). The van der Waals surface area contributed by atoms with Gasteiger partial charge in [0.2, 0.25) is 11.8 Å². The summed E-state index contributed by atoms with van der Waals surface area (Å²) < 4.78 is 37.3. The minimum Gasteiger partial charge on any atom is -0.472 e. The highest BCUT2D eigenvalue weighted by molar-refractivity contribution is 5.92. The van der Waals surface area contributed by atoms with E-state index in [4.69, 9.17) is 9.26 Å². The Morgan fingerprint density at radius 1 is 1.16 bits per heavy atom. The highest BCUT2D eigenvalue weighted by atomic mass is 19.3. The van der Waals surface area contributed by atoms with Crippen molar-refractivity contribution in [3.8, 4) is 17.1 Å². The van der Waals surface area contributed by atoms with Gasteiger partial charge in [-0.1, -0.05) is 5.16 Å². The molecular formula is C22H21F2N5O3. The fourth-order valence-electron chi connectivity index (χ4n) is 4.39. The molecule has 4 heterocycles. The first-order chi connectivity index (χ1) is 15.2. The van der Waals surface area contributed by atoms with Crippen LogP contribution in [0.1, 0.15) is 40.3 Å². The van der Waals surface area contributed by atoms with Gasteiger partial charge in [-0.05, 0) is 32.0 Å². The predicted molar refractivity (Wildman–Crippen MR) is 108 cm³/mol. The lowest BCUT2D eigenvalue weighted by Crippen LogP contribution is -2.66. The molecule has 0 unspecified atom stereocenters. The molecule has 1 aliphatic carbocycles. The summed E-state index contributed by atoms with van der Waals surface area (Å²) in [4.78, 5) is 18.3. The van der Waals surface area contributed by atoms with Crippen molar-refractivity contribution in [1.29, 1.82) is 0 Å². The van der Waals surface area contributed by atoms with Gasteiger partial charge in [-0.15, -0.1) is 10.2 Å². The SMILES string of the molecule is Cc1ccc(-c2noc(C)c2COc2ccc(C(=O)N3CC4(C3)CC(F)(F)C4)nn2)cn1. The average molecular weight is 441 g/mol. The zero-order valence-corrected chi connectivity index (χ0v) is 17.6. The number of halogens is 2. The van der Waals surface area contributed by atoms with E-state index < -0.39 is 11.3 Å². The maximum atomic E-state index is 13.1. The van der Waals surface area contributed by atoms with Gasteiger partial charge < -0.3 is 14.2 Å². The fraction of sp³-hybridized carbons (Fsp3) is 0.409. The van der Waals surface area contributed by atoms with Crippen molar-refractivity contribution in [2.24, 2.45) is 5.41 Å². The van der Waals surface area contributed by atoms with Crippen molar-refractivity contribution < 1.29 is 22.8 Å². The number of aromatic nitrogens is 4. The molecule has 1 saturated carbocycles. The van der Waals surface area contributed by atoms with E-state index in [2.05, 4.69) is 20.3 Å². The molecule has 0 N–H and O–H groups in total. The van der Waals surface area contributed by atoms with Crippen molar-refractivity contribution in [2.75, 3.05) is 13.1 Å². The molecule has 10 heteroatoms. The number of alkyl halides is 2. The van der Waals surface area contributed by atoms with Gasteiger partial charge in [0.05, 0.1) is 5.56 Å². The normalized spacial score (nSPS) is 18.2. The molecule has 2 fully saturated rings.